The smallest absolute Gasteiger partial charge is 0.306 e. The van der Waals surface area contributed by atoms with Crippen LogP contribution in [-0.4, -0.2) is 47.6 Å². The van der Waals surface area contributed by atoms with Crippen LogP contribution >= 0.6 is 0 Å². The summed E-state index contributed by atoms with van der Waals surface area (Å²) in [7, 11) is 1.66. The van der Waals surface area contributed by atoms with Gasteiger partial charge >= 0.3 is 5.97 Å². The van der Waals surface area contributed by atoms with Gasteiger partial charge in [-0.15, -0.1) is 0 Å². The summed E-state index contributed by atoms with van der Waals surface area (Å²) < 4.78 is 5.29. The second kappa shape index (κ2) is 5.99. The van der Waals surface area contributed by atoms with Crippen molar-refractivity contribution in [3.63, 3.8) is 0 Å². The van der Waals surface area contributed by atoms with Crippen molar-refractivity contribution in [1.82, 2.24) is 5.32 Å². The van der Waals surface area contributed by atoms with Crippen LogP contribution in [0.25, 0.3) is 0 Å². The van der Waals surface area contributed by atoms with Gasteiger partial charge in [-0.2, -0.15) is 0 Å². The molecule has 1 fully saturated rings. The summed E-state index contributed by atoms with van der Waals surface area (Å²) in [6, 6.07) is 0. The SMILES string of the molecule is COC(C)(C)CNCC1(O)CCC(C(=O)O)CC1. The first kappa shape index (κ1) is 15.4. The number of aliphatic carboxylic acids is 1. The lowest BCUT2D eigenvalue weighted by Gasteiger charge is -2.35. The Balaban J connectivity index is 2.33. The average molecular weight is 259 g/mol. The van der Waals surface area contributed by atoms with Crippen LogP contribution in [0.4, 0.5) is 0 Å². The number of carboxylic acids is 1. The number of nitrogens with one attached hydrogen (secondary N) is 1. The molecule has 3 N–H and O–H groups in total. The van der Waals surface area contributed by atoms with Crippen LogP contribution in [0.2, 0.25) is 0 Å². The molecule has 0 spiro atoms. The highest BCUT2D eigenvalue weighted by atomic mass is 16.5. The van der Waals surface area contributed by atoms with E-state index < -0.39 is 11.6 Å². The molecule has 0 unspecified atom stereocenters. The molecule has 1 rings (SSSR count). The number of ether oxygens (including phenoxy) is 1. The minimum absolute atomic E-state index is 0.255. The Kier molecular flexibility index (Phi) is 5.13. The van der Waals surface area contributed by atoms with Gasteiger partial charge in [-0.05, 0) is 39.5 Å². The maximum atomic E-state index is 10.8. The number of methoxy groups -OCH3 is 1. The van der Waals surface area contributed by atoms with Crippen molar-refractivity contribution in [2.75, 3.05) is 20.2 Å². The van der Waals surface area contributed by atoms with Gasteiger partial charge in [0, 0.05) is 20.2 Å². The third kappa shape index (κ3) is 4.55. The fourth-order valence-corrected chi connectivity index (χ4v) is 2.25. The third-order valence-corrected chi connectivity index (χ3v) is 3.82. The zero-order valence-electron chi connectivity index (χ0n) is 11.5. The number of carbonyl (C=O) groups is 1. The quantitative estimate of drug-likeness (QED) is 0.663. The highest BCUT2D eigenvalue weighted by Crippen LogP contribution is 2.31. The van der Waals surface area contributed by atoms with Crippen molar-refractivity contribution in [3.05, 3.63) is 0 Å². The molecule has 1 saturated carbocycles. The summed E-state index contributed by atoms with van der Waals surface area (Å²) in [5, 5.41) is 22.5. The van der Waals surface area contributed by atoms with Crippen LogP contribution in [-0.2, 0) is 9.53 Å². The van der Waals surface area contributed by atoms with E-state index in [-0.39, 0.29) is 11.5 Å². The summed E-state index contributed by atoms with van der Waals surface area (Å²) in [6.45, 7) is 5.11. The van der Waals surface area contributed by atoms with Crippen molar-refractivity contribution in [1.29, 1.82) is 0 Å². The maximum Gasteiger partial charge on any atom is 0.306 e. The van der Waals surface area contributed by atoms with Gasteiger partial charge in [-0.25, -0.2) is 0 Å². The Morgan fingerprint density at radius 3 is 2.44 bits per heavy atom. The molecule has 0 aromatic rings. The number of carboxylic acid groups (broad SMARTS) is 1. The topological polar surface area (TPSA) is 78.8 Å². The highest BCUT2D eigenvalue weighted by molar-refractivity contribution is 5.70. The standard InChI is InChI=1S/C13H25NO4/c1-12(2,18-3)8-14-9-13(17)6-4-10(5-7-13)11(15)16/h10,14,17H,4-9H2,1-3H3,(H,15,16). The van der Waals surface area contributed by atoms with Crippen molar-refractivity contribution in [2.45, 2.75) is 50.7 Å². The normalized spacial score (nSPS) is 29.2. The third-order valence-electron chi connectivity index (χ3n) is 3.82. The Labute approximate surface area is 109 Å². The highest BCUT2D eigenvalue weighted by Gasteiger charge is 2.35. The number of rotatable bonds is 6. The minimum atomic E-state index is -0.768. The molecule has 0 aliphatic heterocycles. The van der Waals surface area contributed by atoms with Crippen molar-refractivity contribution >= 4 is 5.97 Å². The predicted molar refractivity (Wildman–Crippen MR) is 68.5 cm³/mol. The van der Waals surface area contributed by atoms with E-state index in [4.69, 9.17) is 9.84 Å². The molecule has 0 saturated heterocycles. The van der Waals surface area contributed by atoms with Crippen LogP contribution in [0.5, 0.6) is 0 Å². The minimum Gasteiger partial charge on any atom is -0.481 e. The molecule has 0 aromatic heterocycles. The van der Waals surface area contributed by atoms with Gasteiger partial charge in [0.25, 0.3) is 0 Å². The lowest BCUT2D eigenvalue weighted by molar-refractivity contribution is -0.144. The summed E-state index contributed by atoms with van der Waals surface area (Å²) in [4.78, 5) is 10.8. The lowest BCUT2D eigenvalue weighted by atomic mass is 9.79. The van der Waals surface area contributed by atoms with Crippen LogP contribution < -0.4 is 5.32 Å². The van der Waals surface area contributed by atoms with E-state index in [9.17, 15) is 9.90 Å². The summed E-state index contributed by atoms with van der Waals surface area (Å²) in [5.41, 5.74) is -1.02. The number of hydrogen-bond donors (Lipinski definition) is 3. The molecule has 0 heterocycles. The van der Waals surface area contributed by atoms with Crippen molar-refractivity contribution in [2.24, 2.45) is 5.92 Å². The average Bonchev–Trinajstić information content (AvgIpc) is 2.29. The van der Waals surface area contributed by atoms with Gasteiger partial charge in [0.05, 0.1) is 17.1 Å². The van der Waals surface area contributed by atoms with Crippen LogP contribution in [0, 0.1) is 5.92 Å². The Hall–Kier alpha value is -0.650. The lowest BCUT2D eigenvalue weighted by Crippen LogP contribution is -2.48. The molecular formula is C13H25NO4. The molecular weight excluding hydrogens is 234 g/mol. The molecule has 1 aliphatic rings. The first-order valence-corrected chi connectivity index (χ1v) is 6.49. The first-order valence-electron chi connectivity index (χ1n) is 6.49. The molecule has 0 radical (unpaired) electrons. The Bertz CT molecular complexity index is 283. The van der Waals surface area contributed by atoms with Gasteiger partial charge < -0.3 is 20.3 Å². The fourth-order valence-electron chi connectivity index (χ4n) is 2.25. The van der Waals surface area contributed by atoms with E-state index in [1.807, 2.05) is 13.8 Å². The second-order valence-electron chi connectivity index (χ2n) is 5.90. The van der Waals surface area contributed by atoms with Gasteiger partial charge in [0.15, 0.2) is 0 Å². The summed E-state index contributed by atoms with van der Waals surface area (Å²) >= 11 is 0. The predicted octanol–water partition coefficient (Wildman–Crippen LogP) is 1.01. The van der Waals surface area contributed by atoms with E-state index in [0.717, 1.165) is 0 Å². The molecule has 5 nitrogen and oxygen atoms in total. The zero-order chi connectivity index (χ0) is 13.8. The largest absolute Gasteiger partial charge is 0.481 e. The van der Waals surface area contributed by atoms with E-state index in [0.29, 0.717) is 38.8 Å². The van der Waals surface area contributed by atoms with Gasteiger partial charge in [-0.3, -0.25) is 4.79 Å². The van der Waals surface area contributed by atoms with Crippen molar-refractivity contribution < 1.29 is 19.7 Å². The van der Waals surface area contributed by atoms with Crippen molar-refractivity contribution in [3.8, 4) is 0 Å². The van der Waals surface area contributed by atoms with Crippen LogP contribution in [0.15, 0.2) is 0 Å². The molecule has 18 heavy (non-hydrogen) atoms. The Morgan fingerprint density at radius 1 is 1.44 bits per heavy atom. The summed E-state index contributed by atoms with van der Waals surface area (Å²) in [6.07, 6.45) is 2.21. The number of hydrogen-bond acceptors (Lipinski definition) is 4. The second-order valence-corrected chi connectivity index (χ2v) is 5.90. The molecule has 0 aromatic carbocycles. The first-order chi connectivity index (χ1) is 8.28. The molecule has 5 heteroatoms. The molecule has 0 atom stereocenters. The van der Waals surface area contributed by atoms with Gasteiger partial charge in [0.2, 0.25) is 0 Å². The van der Waals surface area contributed by atoms with Gasteiger partial charge in [-0.1, -0.05) is 0 Å². The van der Waals surface area contributed by atoms with E-state index in [2.05, 4.69) is 5.32 Å². The number of aliphatic hydroxyl groups is 1. The molecule has 1 aliphatic carbocycles. The maximum absolute atomic E-state index is 10.8. The van der Waals surface area contributed by atoms with E-state index in [1.54, 1.807) is 7.11 Å². The monoisotopic (exact) mass is 259 g/mol. The fraction of sp³-hybridized carbons (Fsp3) is 0.923. The van der Waals surface area contributed by atoms with Crippen LogP contribution in [0.3, 0.4) is 0 Å². The van der Waals surface area contributed by atoms with E-state index in [1.165, 1.54) is 0 Å². The zero-order valence-corrected chi connectivity index (χ0v) is 11.5. The summed E-state index contributed by atoms with van der Waals surface area (Å²) in [5.74, 6) is -1.04. The van der Waals surface area contributed by atoms with E-state index >= 15 is 0 Å². The molecule has 106 valence electrons. The molecule has 0 amide bonds. The molecule has 0 bridgehead atoms. The van der Waals surface area contributed by atoms with Gasteiger partial charge in [0.1, 0.15) is 0 Å². The van der Waals surface area contributed by atoms with Crippen LogP contribution in [0.1, 0.15) is 39.5 Å². The Morgan fingerprint density at radius 2 is 2.00 bits per heavy atom.